The number of hydrogen-bond acceptors (Lipinski definition) is 5. The maximum absolute atomic E-state index is 12.3. The number of carbonyl (C=O) groups is 3. The van der Waals surface area contributed by atoms with Gasteiger partial charge in [0.1, 0.15) is 18.8 Å². The molecule has 3 amide bonds. The minimum Gasteiger partial charge on any atom is -0.468 e. The standard InChI is InChI=1S/C17H14N4O4/c1-25-15(22)10-21-16(23)13(19-17(21)24)8-11-9-20(7-6-18)14-5-3-2-4-12(11)14/h2-5,8-9H,7,10H2,1H3,(H,19,24)/b13-8+. The van der Waals surface area contributed by atoms with Crippen molar-refractivity contribution in [3.05, 3.63) is 41.7 Å². The van der Waals surface area contributed by atoms with Crippen LogP contribution in [0.2, 0.25) is 0 Å². The van der Waals surface area contributed by atoms with Crippen molar-refractivity contribution < 1.29 is 19.1 Å². The number of rotatable bonds is 4. The molecule has 1 saturated heterocycles. The Bertz CT molecular complexity index is 951. The summed E-state index contributed by atoms with van der Waals surface area (Å²) < 4.78 is 6.24. The van der Waals surface area contributed by atoms with Crippen molar-refractivity contribution in [1.29, 1.82) is 5.26 Å². The molecule has 1 N–H and O–H groups in total. The predicted molar refractivity (Wildman–Crippen MR) is 87.8 cm³/mol. The van der Waals surface area contributed by atoms with Crippen molar-refractivity contribution in [2.24, 2.45) is 0 Å². The average Bonchev–Trinajstić information content (AvgIpc) is 3.08. The summed E-state index contributed by atoms with van der Waals surface area (Å²) in [6, 6.07) is 8.84. The van der Waals surface area contributed by atoms with Gasteiger partial charge >= 0.3 is 12.0 Å². The lowest BCUT2D eigenvalue weighted by Crippen LogP contribution is -2.36. The molecule has 0 saturated carbocycles. The lowest BCUT2D eigenvalue weighted by molar-refractivity contribution is -0.143. The Morgan fingerprint density at radius 1 is 1.36 bits per heavy atom. The molecule has 0 aliphatic carbocycles. The molecular weight excluding hydrogens is 324 g/mol. The fourth-order valence-electron chi connectivity index (χ4n) is 2.66. The second kappa shape index (κ2) is 6.49. The van der Waals surface area contributed by atoms with Crippen molar-refractivity contribution in [2.45, 2.75) is 6.54 Å². The Labute approximate surface area is 142 Å². The highest BCUT2D eigenvalue weighted by molar-refractivity contribution is 6.15. The molecule has 3 rings (SSSR count). The number of methoxy groups -OCH3 is 1. The lowest BCUT2D eigenvalue weighted by Gasteiger charge is -2.08. The first-order valence-corrected chi connectivity index (χ1v) is 7.41. The van der Waals surface area contributed by atoms with Gasteiger partial charge in [-0.2, -0.15) is 5.26 Å². The number of benzene rings is 1. The molecule has 1 aliphatic rings. The van der Waals surface area contributed by atoms with Crippen LogP contribution in [-0.2, 0) is 20.9 Å². The highest BCUT2D eigenvalue weighted by atomic mass is 16.5. The monoisotopic (exact) mass is 338 g/mol. The van der Waals surface area contributed by atoms with Gasteiger partial charge in [0.25, 0.3) is 5.91 Å². The summed E-state index contributed by atoms with van der Waals surface area (Å²) in [6.07, 6.45) is 3.27. The Hall–Kier alpha value is -3.60. The number of fused-ring (bicyclic) bond motifs is 1. The number of aromatic nitrogens is 1. The third kappa shape index (κ3) is 2.95. The molecule has 1 aromatic carbocycles. The van der Waals surface area contributed by atoms with Crippen molar-refractivity contribution in [3.63, 3.8) is 0 Å². The zero-order valence-corrected chi connectivity index (χ0v) is 13.4. The molecule has 25 heavy (non-hydrogen) atoms. The summed E-state index contributed by atoms with van der Waals surface area (Å²) in [4.78, 5) is 36.4. The molecule has 0 spiro atoms. The predicted octanol–water partition coefficient (Wildman–Crippen LogP) is 1.23. The van der Waals surface area contributed by atoms with Crippen LogP contribution in [0, 0.1) is 11.3 Å². The van der Waals surface area contributed by atoms with Crippen LogP contribution in [0.15, 0.2) is 36.2 Å². The Balaban J connectivity index is 1.98. The van der Waals surface area contributed by atoms with Crippen LogP contribution in [0.1, 0.15) is 5.56 Å². The smallest absolute Gasteiger partial charge is 0.329 e. The average molecular weight is 338 g/mol. The summed E-state index contributed by atoms with van der Waals surface area (Å²) in [5.41, 5.74) is 1.60. The van der Waals surface area contributed by atoms with Gasteiger partial charge in [0, 0.05) is 22.7 Å². The zero-order valence-electron chi connectivity index (χ0n) is 13.4. The molecule has 8 nitrogen and oxygen atoms in total. The number of nitrogens with zero attached hydrogens (tertiary/aromatic N) is 3. The third-order valence-electron chi connectivity index (χ3n) is 3.84. The first kappa shape index (κ1) is 16.3. The number of urea groups is 1. The zero-order chi connectivity index (χ0) is 18.0. The second-order valence-electron chi connectivity index (χ2n) is 5.34. The largest absolute Gasteiger partial charge is 0.468 e. The normalized spacial score (nSPS) is 15.5. The number of hydrogen-bond donors (Lipinski definition) is 1. The van der Waals surface area contributed by atoms with Crippen molar-refractivity contribution in [1.82, 2.24) is 14.8 Å². The second-order valence-corrected chi connectivity index (χ2v) is 5.34. The minimum atomic E-state index is -0.685. The Morgan fingerprint density at radius 3 is 2.84 bits per heavy atom. The van der Waals surface area contributed by atoms with E-state index in [4.69, 9.17) is 5.26 Å². The van der Waals surface area contributed by atoms with Gasteiger partial charge in [0.2, 0.25) is 0 Å². The number of para-hydroxylation sites is 1. The van der Waals surface area contributed by atoms with Gasteiger partial charge in [-0.05, 0) is 12.1 Å². The van der Waals surface area contributed by atoms with Gasteiger partial charge < -0.3 is 14.6 Å². The van der Waals surface area contributed by atoms with Crippen LogP contribution in [0.3, 0.4) is 0 Å². The first-order chi connectivity index (χ1) is 12.0. The highest BCUT2D eigenvalue weighted by Gasteiger charge is 2.35. The first-order valence-electron chi connectivity index (χ1n) is 7.41. The van der Waals surface area contributed by atoms with Crippen LogP contribution in [-0.4, -0.2) is 41.0 Å². The summed E-state index contributed by atoms with van der Waals surface area (Å²) in [5, 5.41) is 12.2. The maximum Gasteiger partial charge on any atom is 0.329 e. The number of carbonyl (C=O) groups excluding carboxylic acids is 3. The number of nitriles is 1. The van der Waals surface area contributed by atoms with Crippen molar-refractivity contribution >= 4 is 34.9 Å². The number of imide groups is 1. The van der Waals surface area contributed by atoms with E-state index < -0.39 is 24.5 Å². The van der Waals surface area contributed by atoms with Gasteiger partial charge in [0.05, 0.1) is 13.2 Å². The quantitative estimate of drug-likeness (QED) is 0.513. The van der Waals surface area contributed by atoms with Gasteiger partial charge in [-0.25, -0.2) is 9.69 Å². The molecule has 0 unspecified atom stereocenters. The van der Waals surface area contributed by atoms with E-state index in [2.05, 4.69) is 16.1 Å². The van der Waals surface area contributed by atoms with Gasteiger partial charge in [-0.3, -0.25) is 9.59 Å². The van der Waals surface area contributed by atoms with Crippen molar-refractivity contribution in [3.8, 4) is 6.07 Å². The van der Waals surface area contributed by atoms with Crippen LogP contribution in [0.4, 0.5) is 4.79 Å². The number of ether oxygens (including phenoxy) is 1. The summed E-state index contributed by atoms with van der Waals surface area (Å²) in [5.74, 6) is -1.29. The van der Waals surface area contributed by atoms with E-state index in [0.717, 1.165) is 15.8 Å². The van der Waals surface area contributed by atoms with Crippen LogP contribution >= 0.6 is 0 Å². The van der Waals surface area contributed by atoms with E-state index in [1.807, 2.05) is 24.3 Å². The molecule has 126 valence electrons. The topological polar surface area (TPSA) is 104 Å². The molecule has 0 radical (unpaired) electrons. The van der Waals surface area contributed by atoms with Gasteiger partial charge in [-0.15, -0.1) is 0 Å². The molecule has 0 atom stereocenters. The van der Waals surface area contributed by atoms with E-state index in [1.165, 1.54) is 13.2 Å². The van der Waals surface area contributed by atoms with Crippen LogP contribution < -0.4 is 5.32 Å². The third-order valence-corrected chi connectivity index (χ3v) is 3.84. The Morgan fingerprint density at radius 2 is 2.12 bits per heavy atom. The van der Waals surface area contributed by atoms with Crippen molar-refractivity contribution in [2.75, 3.05) is 13.7 Å². The minimum absolute atomic E-state index is 0.0637. The SMILES string of the molecule is COC(=O)CN1C(=O)N/C(=C/c2cn(CC#N)c3ccccc23)C1=O. The van der Waals surface area contributed by atoms with Crippen LogP contribution in [0.5, 0.6) is 0 Å². The van der Waals surface area contributed by atoms with E-state index >= 15 is 0 Å². The molecular formula is C17H14N4O4. The number of amides is 3. The summed E-state index contributed by atoms with van der Waals surface area (Å²) in [6.45, 7) is -0.285. The number of nitrogens with one attached hydrogen (secondary N) is 1. The molecule has 8 heteroatoms. The molecule has 2 heterocycles. The van der Waals surface area contributed by atoms with E-state index in [-0.39, 0.29) is 12.2 Å². The molecule has 2 aromatic rings. The molecule has 1 fully saturated rings. The van der Waals surface area contributed by atoms with E-state index in [9.17, 15) is 14.4 Å². The van der Waals surface area contributed by atoms with E-state index in [0.29, 0.717) is 5.56 Å². The number of esters is 1. The highest BCUT2D eigenvalue weighted by Crippen LogP contribution is 2.24. The molecule has 0 bridgehead atoms. The van der Waals surface area contributed by atoms with Gasteiger partial charge in [0.15, 0.2) is 0 Å². The summed E-state index contributed by atoms with van der Waals surface area (Å²) >= 11 is 0. The lowest BCUT2D eigenvalue weighted by atomic mass is 10.1. The molecule has 1 aromatic heterocycles. The maximum atomic E-state index is 12.3. The fourth-order valence-corrected chi connectivity index (χ4v) is 2.66. The van der Waals surface area contributed by atoms with E-state index in [1.54, 1.807) is 10.8 Å². The Kier molecular flexibility index (Phi) is 4.22. The van der Waals surface area contributed by atoms with Crippen LogP contribution in [0.25, 0.3) is 17.0 Å². The summed E-state index contributed by atoms with van der Waals surface area (Å²) in [7, 11) is 1.18. The molecule has 1 aliphatic heterocycles. The fraction of sp³-hybridized carbons (Fsp3) is 0.176. The van der Waals surface area contributed by atoms with Gasteiger partial charge in [-0.1, -0.05) is 18.2 Å².